The number of likely N-dealkylation sites (N-methyl/N-ethyl adjacent to an activating group) is 1. The zero-order valence-electron chi connectivity index (χ0n) is 15.7. The van der Waals surface area contributed by atoms with Crippen LogP contribution in [0.25, 0.3) is 0 Å². The van der Waals surface area contributed by atoms with Crippen LogP contribution in [0.3, 0.4) is 0 Å². The molecule has 8 heteroatoms. The van der Waals surface area contributed by atoms with Crippen molar-refractivity contribution in [2.75, 3.05) is 51.7 Å². The number of piperazine rings is 1. The number of pyridine rings is 1. The molecule has 0 N–H and O–H groups in total. The molecule has 0 spiro atoms. The second kappa shape index (κ2) is 7.29. The maximum Gasteiger partial charge on any atom is 0.236 e. The first-order valence-electron chi connectivity index (χ1n) is 8.40. The van der Waals surface area contributed by atoms with Crippen molar-refractivity contribution >= 4 is 21.4 Å². The lowest BCUT2D eigenvalue weighted by Crippen LogP contribution is -2.50. The molecule has 1 aromatic rings. The minimum Gasteiger partial charge on any atom is -0.367 e. The number of sulfone groups is 1. The second-order valence-electron chi connectivity index (χ2n) is 7.58. The van der Waals surface area contributed by atoms with Crippen LogP contribution in [-0.2, 0) is 14.6 Å². The number of carbonyl (C=O) groups is 1. The van der Waals surface area contributed by atoms with Gasteiger partial charge in [-0.2, -0.15) is 0 Å². The molecular formula is C17H28N4O3S. The van der Waals surface area contributed by atoms with Crippen molar-refractivity contribution < 1.29 is 13.2 Å². The van der Waals surface area contributed by atoms with E-state index in [0.29, 0.717) is 32.7 Å². The average molecular weight is 369 g/mol. The van der Waals surface area contributed by atoms with Gasteiger partial charge in [-0.25, -0.2) is 13.4 Å². The lowest BCUT2D eigenvalue weighted by atomic mass is 10.2. The Morgan fingerprint density at radius 1 is 1.16 bits per heavy atom. The highest BCUT2D eigenvalue weighted by atomic mass is 32.2. The first kappa shape index (κ1) is 19.7. The molecule has 7 nitrogen and oxygen atoms in total. The van der Waals surface area contributed by atoms with Crippen LogP contribution in [0.4, 0.5) is 5.69 Å². The van der Waals surface area contributed by atoms with E-state index in [4.69, 9.17) is 0 Å². The van der Waals surface area contributed by atoms with Crippen LogP contribution < -0.4 is 4.90 Å². The van der Waals surface area contributed by atoms with Gasteiger partial charge in [-0.1, -0.05) is 0 Å². The summed E-state index contributed by atoms with van der Waals surface area (Å²) in [6.07, 6.45) is 1.61. The third-order valence-electron chi connectivity index (χ3n) is 4.25. The molecule has 1 fully saturated rings. The Hall–Kier alpha value is -1.67. The van der Waals surface area contributed by atoms with E-state index in [1.807, 2.05) is 23.9 Å². The molecule has 2 heterocycles. The smallest absolute Gasteiger partial charge is 0.236 e. The van der Waals surface area contributed by atoms with Crippen LogP contribution in [0.2, 0.25) is 0 Å². The third-order valence-corrected chi connectivity index (χ3v) is 6.66. The molecule has 1 amide bonds. The Balaban J connectivity index is 2.02. The zero-order chi connectivity index (χ0) is 18.8. The molecule has 0 unspecified atom stereocenters. The fraction of sp³-hybridized carbons (Fsp3) is 0.647. The molecule has 1 aliphatic heterocycles. The second-order valence-corrected chi connectivity index (χ2v) is 10.2. The Morgan fingerprint density at radius 2 is 1.76 bits per heavy atom. The number of aromatic nitrogens is 1. The van der Waals surface area contributed by atoms with Crippen molar-refractivity contribution in [3.8, 4) is 0 Å². The van der Waals surface area contributed by atoms with Crippen LogP contribution >= 0.6 is 0 Å². The van der Waals surface area contributed by atoms with Crippen molar-refractivity contribution in [1.29, 1.82) is 0 Å². The predicted octanol–water partition coefficient (Wildman–Crippen LogP) is 0.864. The number of carbonyl (C=O) groups excluding carboxylic acids is 1. The minimum atomic E-state index is -3.44. The summed E-state index contributed by atoms with van der Waals surface area (Å²) in [5.74, 6) is 0.134. The van der Waals surface area contributed by atoms with E-state index in [1.165, 1.54) is 0 Å². The first-order chi connectivity index (χ1) is 11.5. The van der Waals surface area contributed by atoms with E-state index in [2.05, 4.69) is 9.88 Å². The number of anilines is 1. The summed E-state index contributed by atoms with van der Waals surface area (Å²) in [4.78, 5) is 22.1. The highest BCUT2D eigenvalue weighted by molar-refractivity contribution is 7.92. The van der Waals surface area contributed by atoms with Gasteiger partial charge in [0.25, 0.3) is 0 Å². The maximum absolute atomic E-state index is 12.4. The highest BCUT2D eigenvalue weighted by Crippen LogP contribution is 2.25. The quantitative estimate of drug-likeness (QED) is 0.785. The van der Waals surface area contributed by atoms with Gasteiger partial charge in [0.05, 0.1) is 23.2 Å². The summed E-state index contributed by atoms with van der Waals surface area (Å²) in [6, 6.07) is 3.36. The van der Waals surface area contributed by atoms with Gasteiger partial charge in [0.1, 0.15) is 0 Å². The van der Waals surface area contributed by atoms with Crippen LogP contribution in [0.1, 0.15) is 20.8 Å². The number of amides is 1. The van der Waals surface area contributed by atoms with Gasteiger partial charge < -0.3 is 14.7 Å². The van der Waals surface area contributed by atoms with Crippen molar-refractivity contribution in [2.24, 2.45) is 0 Å². The van der Waals surface area contributed by atoms with Crippen molar-refractivity contribution in [3.63, 3.8) is 0 Å². The number of nitrogens with zero attached hydrogens (tertiary/aromatic N) is 4. The summed E-state index contributed by atoms with van der Waals surface area (Å²) in [5.41, 5.74) is 0.882. The van der Waals surface area contributed by atoms with Crippen molar-refractivity contribution in [1.82, 2.24) is 14.8 Å². The fourth-order valence-electron chi connectivity index (χ4n) is 2.62. The normalized spacial score (nSPS) is 16.4. The van der Waals surface area contributed by atoms with Crippen LogP contribution in [-0.4, -0.2) is 80.7 Å². The van der Waals surface area contributed by atoms with Crippen molar-refractivity contribution in [3.05, 3.63) is 18.3 Å². The first-order valence-corrected chi connectivity index (χ1v) is 9.89. The zero-order valence-corrected chi connectivity index (χ0v) is 16.5. The van der Waals surface area contributed by atoms with Gasteiger partial charge in [0, 0.05) is 26.2 Å². The van der Waals surface area contributed by atoms with Gasteiger partial charge in [0.2, 0.25) is 5.91 Å². The molecule has 140 valence electrons. The van der Waals surface area contributed by atoms with E-state index >= 15 is 0 Å². The molecule has 0 saturated carbocycles. The summed E-state index contributed by atoms with van der Waals surface area (Å²) in [5, 5.41) is 0.101. The minimum absolute atomic E-state index is 0.101. The highest BCUT2D eigenvalue weighted by Gasteiger charge is 2.32. The summed E-state index contributed by atoms with van der Waals surface area (Å²) in [7, 11) is 0.321. The number of hydrogen-bond acceptors (Lipinski definition) is 6. The molecule has 0 aromatic carbocycles. The molecule has 1 aliphatic rings. The monoisotopic (exact) mass is 368 g/mol. The topological polar surface area (TPSA) is 73.8 Å². The van der Waals surface area contributed by atoms with E-state index in [1.54, 1.807) is 39.1 Å². The Kier molecular flexibility index (Phi) is 5.73. The number of hydrogen-bond donors (Lipinski definition) is 0. The molecule has 2 rings (SSSR count). The average Bonchev–Trinajstić information content (AvgIpc) is 2.53. The summed E-state index contributed by atoms with van der Waals surface area (Å²) in [6.45, 7) is 8.18. The number of rotatable bonds is 4. The lowest BCUT2D eigenvalue weighted by Gasteiger charge is -2.36. The molecule has 0 bridgehead atoms. The molecule has 0 radical (unpaired) electrons. The Labute approximate surface area is 150 Å². The van der Waals surface area contributed by atoms with Crippen LogP contribution in [0.15, 0.2) is 23.4 Å². The van der Waals surface area contributed by atoms with Gasteiger partial charge in [-0.3, -0.25) is 4.79 Å². The van der Waals surface area contributed by atoms with E-state index in [9.17, 15) is 13.2 Å². The van der Waals surface area contributed by atoms with E-state index in [-0.39, 0.29) is 10.9 Å². The molecule has 1 aromatic heterocycles. The van der Waals surface area contributed by atoms with Crippen LogP contribution in [0.5, 0.6) is 0 Å². The van der Waals surface area contributed by atoms with E-state index in [0.717, 1.165) is 5.69 Å². The Bertz CT molecular complexity index is 700. The molecule has 25 heavy (non-hydrogen) atoms. The van der Waals surface area contributed by atoms with Gasteiger partial charge >= 0.3 is 0 Å². The standard InChI is InChI=1S/C17H28N4O3S/c1-17(2,3)25(23,24)15-7-6-14(12-18-15)20-8-10-21(11-9-20)16(22)13-19(4)5/h6-7,12H,8-11,13H2,1-5H3. The predicted molar refractivity (Wildman–Crippen MR) is 98.5 cm³/mol. The van der Waals surface area contributed by atoms with Crippen molar-refractivity contribution in [2.45, 2.75) is 30.5 Å². The molecule has 0 atom stereocenters. The summed E-state index contributed by atoms with van der Waals surface area (Å²) < 4.78 is 24.0. The summed E-state index contributed by atoms with van der Waals surface area (Å²) >= 11 is 0. The van der Waals surface area contributed by atoms with E-state index < -0.39 is 14.6 Å². The Morgan fingerprint density at radius 3 is 2.20 bits per heavy atom. The van der Waals surface area contributed by atoms with Gasteiger partial charge in [-0.05, 0) is 47.0 Å². The molecular weight excluding hydrogens is 340 g/mol. The SMILES string of the molecule is CN(C)CC(=O)N1CCN(c2ccc(S(=O)(=O)C(C)(C)C)nc2)CC1. The fourth-order valence-corrected chi connectivity index (χ4v) is 3.68. The van der Waals surface area contributed by atoms with Crippen LogP contribution in [0, 0.1) is 0 Å². The van der Waals surface area contributed by atoms with Gasteiger partial charge in [0.15, 0.2) is 14.9 Å². The third kappa shape index (κ3) is 4.49. The largest absolute Gasteiger partial charge is 0.367 e. The molecule has 1 saturated heterocycles. The lowest BCUT2D eigenvalue weighted by molar-refractivity contribution is -0.132. The molecule has 0 aliphatic carbocycles. The maximum atomic E-state index is 12.4. The van der Waals surface area contributed by atoms with Gasteiger partial charge in [-0.15, -0.1) is 0 Å².